The molecule has 1 aromatic rings. The Labute approximate surface area is 108 Å². The zero-order chi connectivity index (χ0) is 12.6. The maximum Gasteiger partial charge on any atom is 0.123 e. The van der Waals surface area contributed by atoms with E-state index in [2.05, 4.69) is 5.32 Å². The molecule has 1 N–H and O–H groups in total. The van der Waals surface area contributed by atoms with Gasteiger partial charge in [0, 0.05) is 19.1 Å². The van der Waals surface area contributed by atoms with E-state index in [-0.39, 0.29) is 5.82 Å². The predicted octanol–water partition coefficient (Wildman–Crippen LogP) is 2.27. The highest BCUT2D eigenvalue weighted by molar-refractivity contribution is 5.45. The summed E-state index contributed by atoms with van der Waals surface area (Å²) in [6, 6.07) is 5.34. The molecule has 3 rings (SSSR count). The Bertz CT molecular complexity index is 448. The van der Waals surface area contributed by atoms with Gasteiger partial charge in [-0.15, -0.1) is 0 Å². The van der Waals surface area contributed by atoms with Crippen LogP contribution in [-0.4, -0.2) is 26.8 Å². The van der Waals surface area contributed by atoms with Gasteiger partial charge in [-0.05, 0) is 55.0 Å². The Morgan fingerprint density at radius 1 is 1.50 bits per heavy atom. The van der Waals surface area contributed by atoms with Gasteiger partial charge in [0.05, 0.1) is 6.61 Å². The first kappa shape index (κ1) is 12.1. The lowest BCUT2D eigenvalue weighted by Crippen LogP contribution is -2.24. The number of hydrogen-bond donors (Lipinski definition) is 1. The van der Waals surface area contributed by atoms with E-state index < -0.39 is 0 Å². The van der Waals surface area contributed by atoms with Gasteiger partial charge in [-0.2, -0.15) is 0 Å². The van der Waals surface area contributed by atoms with Crippen molar-refractivity contribution < 1.29 is 9.13 Å². The van der Waals surface area contributed by atoms with Crippen LogP contribution in [0.1, 0.15) is 24.0 Å². The van der Waals surface area contributed by atoms with E-state index >= 15 is 0 Å². The number of ether oxygens (including phenoxy) is 1. The van der Waals surface area contributed by atoms with Gasteiger partial charge < -0.3 is 10.1 Å². The zero-order valence-corrected chi connectivity index (χ0v) is 10.8. The third kappa shape index (κ3) is 1.95. The van der Waals surface area contributed by atoms with Gasteiger partial charge in [0.2, 0.25) is 0 Å². The van der Waals surface area contributed by atoms with Crippen molar-refractivity contribution in [3.63, 3.8) is 0 Å². The van der Waals surface area contributed by atoms with E-state index in [0.717, 1.165) is 32.0 Å². The molecule has 2 atom stereocenters. The lowest BCUT2D eigenvalue weighted by molar-refractivity contribution is 0.199. The van der Waals surface area contributed by atoms with Crippen molar-refractivity contribution in [3.8, 4) is 0 Å². The summed E-state index contributed by atoms with van der Waals surface area (Å²) in [5, 5.41) is 3.44. The van der Waals surface area contributed by atoms with Crippen molar-refractivity contribution in [1.29, 1.82) is 0 Å². The van der Waals surface area contributed by atoms with Crippen molar-refractivity contribution in [2.45, 2.75) is 24.7 Å². The van der Waals surface area contributed by atoms with Crippen LogP contribution in [0.25, 0.3) is 0 Å². The minimum atomic E-state index is -0.0961. The number of aryl methyl sites for hydroxylation is 1. The number of rotatable bonds is 5. The topological polar surface area (TPSA) is 21.3 Å². The monoisotopic (exact) mass is 249 g/mol. The van der Waals surface area contributed by atoms with Gasteiger partial charge >= 0.3 is 0 Å². The van der Waals surface area contributed by atoms with Gasteiger partial charge in [-0.3, -0.25) is 0 Å². The third-order valence-corrected chi connectivity index (χ3v) is 4.55. The number of nitrogens with one attached hydrogen (secondary N) is 1. The smallest absolute Gasteiger partial charge is 0.123 e. The molecular formula is C15H20FNO. The Balaban J connectivity index is 1.63. The SMILES string of the molecule is COCCNCC1CC12CCc1cc(F)ccc12. The minimum absolute atomic E-state index is 0.0961. The summed E-state index contributed by atoms with van der Waals surface area (Å²) >= 11 is 0. The molecule has 2 aliphatic carbocycles. The van der Waals surface area contributed by atoms with E-state index in [9.17, 15) is 4.39 Å². The summed E-state index contributed by atoms with van der Waals surface area (Å²) in [5.41, 5.74) is 3.00. The fraction of sp³-hybridized carbons (Fsp3) is 0.600. The molecule has 0 aromatic heterocycles. The van der Waals surface area contributed by atoms with Gasteiger partial charge in [-0.25, -0.2) is 4.39 Å². The number of fused-ring (bicyclic) bond motifs is 2. The van der Waals surface area contributed by atoms with E-state index in [0.29, 0.717) is 5.41 Å². The van der Waals surface area contributed by atoms with Gasteiger partial charge in [0.1, 0.15) is 5.82 Å². The second-order valence-electron chi connectivity index (χ2n) is 5.56. The summed E-state index contributed by atoms with van der Waals surface area (Å²) in [6.45, 7) is 2.74. The van der Waals surface area contributed by atoms with Crippen LogP contribution in [-0.2, 0) is 16.6 Å². The Morgan fingerprint density at radius 3 is 3.22 bits per heavy atom. The highest BCUT2D eigenvalue weighted by Gasteiger charge is 2.57. The molecule has 0 saturated heterocycles. The van der Waals surface area contributed by atoms with E-state index in [1.165, 1.54) is 24.0 Å². The van der Waals surface area contributed by atoms with Gasteiger partial charge in [-0.1, -0.05) is 6.07 Å². The van der Waals surface area contributed by atoms with E-state index in [1.807, 2.05) is 6.07 Å². The Morgan fingerprint density at radius 2 is 2.39 bits per heavy atom. The van der Waals surface area contributed by atoms with Crippen molar-refractivity contribution in [1.82, 2.24) is 5.32 Å². The first-order valence-electron chi connectivity index (χ1n) is 6.75. The molecule has 2 nitrogen and oxygen atoms in total. The van der Waals surface area contributed by atoms with Crippen LogP contribution in [0.3, 0.4) is 0 Å². The average molecular weight is 249 g/mol. The van der Waals surface area contributed by atoms with Gasteiger partial charge in [0.15, 0.2) is 0 Å². The molecule has 1 fully saturated rings. The van der Waals surface area contributed by atoms with Gasteiger partial charge in [0.25, 0.3) is 0 Å². The normalized spacial score (nSPS) is 28.7. The second-order valence-corrected chi connectivity index (χ2v) is 5.56. The summed E-state index contributed by atoms with van der Waals surface area (Å²) in [7, 11) is 1.72. The van der Waals surface area contributed by atoms with E-state index in [4.69, 9.17) is 4.74 Å². The first-order chi connectivity index (χ1) is 8.76. The lowest BCUT2D eigenvalue weighted by Gasteiger charge is -2.12. The fourth-order valence-corrected chi connectivity index (χ4v) is 3.48. The molecule has 0 aliphatic heterocycles. The summed E-state index contributed by atoms with van der Waals surface area (Å²) in [6.07, 6.45) is 3.50. The predicted molar refractivity (Wildman–Crippen MR) is 69.3 cm³/mol. The number of methoxy groups -OCH3 is 1. The minimum Gasteiger partial charge on any atom is -0.383 e. The fourth-order valence-electron chi connectivity index (χ4n) is 3.48. The zero-order valence-electron chi connectivity index (χ0n) is 10.8. The van der Waals surface area contributed by atoms with Crippen LogP contribution in [0.15, 0.2) is 18.2 Å². The molecule has 1 spiro atoms. The Hall–Kier alpha value is -0.930. The van der Waals surface area contributed by atoms with Crippen LogP contribution < -0.4 is 5.32 Å². The molecule has 0 radical (unpaired) electrons. The van der Waals surface area contributed by atoms with Crippen LogP contribution in [0, 0.1) is 11.7 Å². The average Bonchev–Trinajstić information content (AvgIpc) is 2.94. The number of benzene rings is 1. The van der Waals surface area contributed by atoms with Crippen molar-refractivity contribution in [3.05, 3.63) is 35.1 Å². The lowest BCUT2D eigenvalue weighted by atomic mass is 9.95. The molecule has 98 valence electrons. The molecule has 1 aromatic carbocycles. The third-order valence-electron chi connectivity index (χ3n) is 4.55. The van der Waals surface area contributed by atoms with Crippen molar-refractivity contribution in [2.75, 3.05) is 26.8 Å². The maximum atomic E-state index is 13.2. The van der Waals surface area contributed by atoms with Crippen LogP contribution in [0.4, 0.5) is 4.39 Å². The summed E-state index contributed by atoms with van der Waals surface area (Å²) in [4.78, 5) is 0. The molecule has 1 saturated carbocycles. The molecule has 18 heavy (non-hydrogen) atoms. The molecule has 0 amide bonds. The van der Waals surface area contributed by atoms with Crippen LogP contribution >= 0.6 is 0 Å². The summed E-state index contributed by atoms with van der Waals surface area (Å²) < 4.78 is 18.2. The molecule has 3 heteroatoms. The standard InChI is InChI=1S/C15H20FNO/c1-18-7-6-17-10-12-9-15(12)5-4-11-8-13(16)2-3-14(11)15/h2-3,8,12,17H,4-7,9-10H2,1H3. The molecule has 0 heterocycles. The van der Waals surface area contributed by atoms with Crippen LogP contribution in [0.5, 0.6) is 0 Å². The van der Waals surface area contributed by atoms with Crippen LogP contribution in [0.2, 0.25) is 0 Å². The summed E-state index contributed by atoms with van der Waals surface area (Å²) in [5.74, 6) is 0.627. The molecule has 2 unspecified atom stereocenters. The quantitative estimate of drug-likeness (QED) is 0.808. The largest absolute Gasteiger partial charge is 0.383 e. The number of halogens is 1. The highest BCUT2D eigenvalue weighted by atomic mass is 19.1. The molecular weight excluding hydrogens is 229 g/mol. The highest BCUT2D eigenvalue weighted by Crippen LogP contribution is 2.61. The molecule has 0 bridgehead atoms. The molecule has 2 aliphatic rings. The Kier molecular flexibility index (Phi) is 3.12. The second kappa shape index (κ2) is 4.63. The van der Waals surface area contributed by atoms with E-state index in [1.54, 1.807) is 19.2 Å². The first-order valence-corrected chi connectivity index (χ1v) is 6.75. The van der Waals surface area contributed by atoms with Crippen molar-refractivity contribution >= 4 is 0 Å². The maximum absolute atomic E-state index is 13.2. The van der Waals surface area contributed by atoms with Crippen molar-refractivity contribution in [2.24, 2.45) is 5.92 Å². The number of hydrogen-bond acceptors (Lipinski definition) is 2.